The Labute approximate surface area is 113 Å². The monoisotopic (exact) mass is 258 g/mol. The minimum atomic E-state index is 0.144. The van der Waals surface area contributed by atoms with Crippen molar-refractivity contribution in [2.75, 3.05) is 29.9 Å². The van der Waals surface area contributed by atoms with Gasteiger partial charge in [-0.3, -0.25) is 0 Å². The Balaban J connectivity index is 3.11. The van der Waals surface area contributed by atoms with Crippen LogP contribution in [0.4, 0.5) is 11.6 Å². The summed E-state index contributed by atoms with van der Waals surface area (Å²) >= 11 is 0. The van der Waals surface area contributed by atoms with E-state index in [1.54, 1.807) is 4.90 Å². The van der Waals surface area contributed by atoms with Crippen molar-refractivity contribution in [2.24, 2.45) is 0 Å². The minimum absolute atomic E-state index is 0.144. The third kappa shape index (κ3) is 3.82. The second kappa shape index (κ2) is 7.88. The number of hydrogen-bond donors (Lipinski definition) is 1. The Morgan fingerprint density at radius 1 is 1.21 bits per heavy atom. The summed E-state index contributed by atoms with van der Waals surface area (Å²) in [5.74, 6) is 1.45. The van der Waals surface area contributed by atoms with E-state index in [4.69, 9.17) is 10.5 Å². The predicted octanol–water partition coefficient (Wildman–Crippen LogP) is 1.71. The molecule has 19 heavy (non-hydrogen) atoms. The molecule has 1 N–H and O–H groups in total. The first kappa shape index (κ1) is 14.7. The average Bonchev–Trinajstić information content (AvgIpc) is 2.44. The van der Waals surface area contributed by atoms with Crippen LogP contribution in [0.15, 0.2) is 6.33 Å². The van der Waals surface area contributed by atoms with Gasteiger partial charge in [-0.25, -0.2) is 9.97 Å². The highest BCUT2D eigenvalue weighted by molar-refractivity contribution is 5.59. The van der Waals surface area contributed by atoms with Crippen LogP contribution in [-0.4, -0.2) is 29.6 Å². The van der Waals surface area contributed by atoms with E-state index in [0.29, 0.717) is 5.82 Å². The van der Waals surface area contributed by atoms with E-state index in [2.05, 4.69) is 34.3 Å². The highest BCUT2D eigenvalue weighted by Crippen LogP contribution is 2.23. The molecule has 6 nitrogen and oxygen atoms in total. The van der Waals surface area contributed by atoms with E-state index in [9.17, 15) is 0 Å². The number of nitrogens with one attached hydrogen (secondary N) is 1. The van der Waals surface area contributed by atoms with E-state index in [-0.39, 0.29) is 13.1 Å². The highest BCUT2D eigenvalue weighted by Gasteiger charge is 2.15. The molecule has 0 aliphatic rings. The summed E-state index contributed by atoms with van der Waals surface area (Å²) in [5, 5.41) is 20.9. The zero-order chi connectivity index (χ0) is 14.1. The van der Waals surface area contributed by atoms with Crippen LogP contribution in [0.1, 0.15) is 25.8 Å². The van der Waals surface area contributed by atoms with Gasteiger partial charge in [-0.2, -0.15) is 10.5 Å². The Morgan fingerprint density at radius 3 is 2.42 bits per heavy atom. The lowest BCUT2D eigenvalue weighted by Crippen LogP contribution is -2.26. The van der Waals surface area contributed by atoms with E-state index < -0.39 is 0 Å². The first-order valence-corrected chi connectivity index (χ1v) is 6.35. The van der Waals surface area contributed by atoms with Crippen LogP contribution in [0.5, 0.6) is 0 Å². The first-order chi connectivity index (χ1) is 9.28. The van der Waals surface area contributed by atoms with Crippen molar-refractivity contribution < 1.29 is 0 Å². The lowest BCUT2D eigenvalue weighted by atomic mass is 10.2. The van der Waals surface area contributed by atoms with Gasteiger partial charge in [0.25, 0.3) is 0 Å². The van der Waals surface area contributed by atoms with Crippen molar-refractivity contribution in [2.45, 2.75) is 26.7 Å². The van der Waals surface area contributed by atoms with Crippen LogP contribution in [-0.2, 0) is 6.42 Å². The summed E-state index contributed by atoms with van der Waals surface area (Å²) in [6.45, 7) is 5.21. The number of hydrogen-bond acceptors (Lipinski definition) is 6. The molecule has 1 aromatic heterocycles. The van der Waals surface area contributed by atoms with Gasteiger partial charge >= 0.3 is 0 Å². The van der Waals surface area contributed by atoms with E-state index in [0.717, 1.165) is 30.8 Å². The smallest absolute Gasteiger partial charge is 0.139 e. The lowest BCUT2D eigenvalue weighted by Gasteiger charge is -2.21. The normalized spacial score (nSPS) is 9.47. The summed E-state index contributed by atoms with van der Waals surface area (Å²) in [6.07, 6.45) is 3.21. The van der Waals surface area contributed by atoms with Crippen LogP contribution in [0.3, 0.4) is 0 Å². The largest absolute Gasteiger partial charge is 0.370 e. The molecule has 0 unspecified atom stereocenters. The fraction of sp³-hybridized carbons (Fsp3) is 0.538. The highest BCUT2D eigenvalue weighted by atomic mass is 15.2. The van der Waals surface area contributed by atoms with Crippen molar-refractivity contribution in [3.8, 4) is 12.1 Å². The van der Waals surface area contributed by atoms with Crippen LogP contribution >= 0.6 is 0 Å². The molecule has 1 heterocycles. The summed E-state index contributed by atoms with van der Waals surface area (Å²) in [7, 11) is 0. The van der Waals surface area contributed by atoms with Crippen molar-refractivity contribution in [3.05, 3.63) is 11.9 Å². The van der Waals surface area contributed by atoms with Gasteiger partial charge in [0.2, 0.25) is 0 Å². The van der Waals surface area contributed by atoms with Crippen molar-refractivity contribution in [3.63, 3.8) is 0 Å². The molecule has 0 radical (unpaired) electrons. The summed E-state index contributed by atoms with van der Waals surface area (Å²) in [6, 6.07) is 4.12. The molecule has 0 aliphatic heterocycles. The molecule has 0 aliphatic carbocycles. The molecular formula is C13H18N6. The van der Waals surface area contributed by atoms with Crippen molar-refractivity contribution >= 4 is 11.6 Å². The van der Waals surface area contributed by atoms with Gasteiger partial charge in [-0.1, -0.05) is 13.8 Å². The van der Waals surface area contributed by atoms with E-state index in [1.807, 2.05) is 6.92 Å². The zero-order valence-electron chi connectivity index (χ0n) is 11.3. The molecule has 6 heteroatoms. The maximum absolute atomic E-state index is 8.84. The Morgan fingerprint density at radius 2 is 1.89 bits per heavy atom. The van der Waals surface area contributed by atoms with Gasteiger partial charge in [0.15, 0.2) is 0 Å². The fourth-order valence-electron chi connectivity index (χ4n) is 1.77. The second-order valence-electron chi connectivity index (χ2n) is 3.98. The average molecular weight is 258 g/mol. The van der Waals surface area contributed by atoms with Crippen LogP contribution in [0.25, 0.3) is 0 Å². The molecule has 0 saturated carbocycles. The molecule has 100 valence electrons. The van der Waals surface area contributed by atoms with Crippen LogP contribution in [0, 0.1) is 22.7 Å². The number of aromatic nitrogens is 2. The maximum atomic E-state index is 8.84. The zero-order valence-corrected chi connectivity index (χ0v) is 11.3. The summed E-state index contributed by atoms with van der Waals surface area (Å²) in [4.78, 5) is 10.1. The Hall–Kier alpha value is -2.34. The van der Waals surface area contributed by atoms with Crippen LogP contribution in [0.2, 0.25) is 0 Å². The summed E-state index contributed by atoms with van der Waals surface area (Å²) < 4.78 is 0. The minimum Gasteiger partial charge on any atom is -0.370 e. The van der Waals surface area contributed by atoms with Gasteiger partial charge < -0.3 is 10.2 Å². The number of anilines is 2. The van der Waals surface area contributed by atoms with Gasteiger partial charge in [0.05, 0.1) is 12.1 Å². The molecule has 1 aromatic rings. The molecule has 1 rings (SSSR count). The van der Waals surface area contributed by atoms with Gasteiger partial charge in [0.1, 0.15) is 31.1 Å². The molecule has 0 spiro atoms. The maximum Gasteiger partial charge on any atom is 0.139 e. The molecule has 0 fully saturated rings. The summed E-state index contributed by atoms with van der Waals surface area (Å²) in [5.41, 5.74) is 0.946. The van der Waals surface area contributed by atoms with Crippen molar-refractivity contribution in [1.29, 1.82) is 10.5 Å². The number of nitriles is 2. The fourth-order valence-corrected chi connectivity index (χ4v) is 1.77. The van der Waals surface area contributed by atoms with Gasteiger partial charge in [-0.05, 0) is 12.8 Å². The van der Waals surface area contributed by atoms with E-state index in [1.165, 1.54) is 6.33 Å². The van der Waals surface area contributed by atoms with Gasteiger partial charge in [0, 0.05) is 12.1 Å². The topological polar surface area (TPSA) is 88.6 Å². The second-order valence-corrected chi connectivity index (χ2v) is 3.98. The Kier molecular flexibility index (Phi) is 6.11. The molecule has 0 aromatic carbocycles. The number of nitrogens with zero attached hydrogens (tertiary/aromatic N) is 5. The molecule has 0 bridgehead atoms. The Bertz CT molecular complexity index is 469. The lowest BCUT2D eigenvalue weighted by molar-refractivity contribution is 0.890. The third-order valence-corrected chi connectivity index (χ3v) is 2.64. The SMILES string of the molecule is CCCNc1ncnc(N(CC#N)CC#N)c1CC. The molecule has 0 amide bonds. The van der Waals surface area contributed by atoms with E-state index >= 15 is 0 Å². The predicted molar refractivity (Wildman–Crippen MR) is 73.6 cm³/mol. The molecule has 0 atom stereocenters. The molecule has 0 saturated heterocycles. The number of rotatable bonds is 7. The quantitative estimate of drug-likeness (QED) is 0.749. The molecular weight excluding hydrogens is 240 g/mol. The van der Waals surface area contributed by atoms with Crippen LogP contribution < -0.4 is 10.2 Å². The standard InChI is InChI=1S/C13H18N6/c1-3-7-16-12-11(4-2)13(18-10-17-12)19(8-5-14)9-6-15/h10H,3-4,7-9H2,1-2H3,(H,16,17,18). The first-order valence-electron chi connectivity index (χ1n) is 6.35. The van der Waals surface area contributed by atoms with Crippen molar-refractivity contribution in [1.82, 2.24) is 9.97 Å². The van der Waals surface area contributed by atoms with Gasteiger partial charge in [-0.15, -0.1) is 0 Å². The third-order valence-electron chi connectivity index (χ3n) is 2.64.